The number of hydrogen-bond acceptors (Lipinski definition) is 5. The zero-order valence-corrected chi connectivity index (χ0v) is 16.7. The lowest BCUT2D eigenvalue weighted by Crippen LogP contribution is -2.37. The second-order valence-corrected chi connectivity index (χ2v) is 8.52. The highest BCUT2D eigenvalue weighted by Gasteiger charge is 2.28. The minimum atomic E-state index is -3.50. The number of rotatable bonds is 9. The maximum absolute atomic E-state index is 12.6. The molecule has 1 aromatic carbocycles. The van der Waals surface area contributed by atoms with Crippen molar-refractivity contribution < 1.29 is 22.4 Å². The number of carbonyl (C=O) groups is 2. The van der Waals surface area contributed by atoms with Crippen LogP contribution in [0.25, 0.3) is 6.08 Å². The van der Waals surface area contributed by atoms with E-state index in [1.54, 1.807) is 18.2 Å². The number of nitrogens with one attached hydrogen (secondary N) is 2. The monoisotopic (exact) mass is 417 g/mol. The number of anilines is 1. The summed E-state index contributed by atoms with van der Waals surface area (Å²) in [7, 11) is -3.50. The van der Waals surface area contributed by atoms with E-state index in [4.69, 9.17) is 4.42 Å². The van der Waals surface area contributed by atoms with Crippen LogP contribution in [0.1, 0.15) is 17.7 Å². The van der Waals surface area contributed by atoms with Crippen molar-refractivity contribution in [2.45, 2.75) is 12.8 Å². The van der Waals surface area contributed by atoms with E-state index < -0.39 is 10.0 Å². The maximum Gasteiger partial charge on any atom is 0.244 e. The Bertz CT molecular complexity index is 983. The van der Waals surface area contributed by atoms with Gasteiger partial charge in [-0.2, -0.15) is 0 Å². The molecule has 0 atom stereocenters. The molecular weight excluding hydrogens is 394 g/mol. The van der Waals surface area contributed by atoms with Crippen molar-refractivity contribution in [1.82, 2.24) is 10.6 Å². The minimum Gasteiger partial charge on any atom is -0.465 e. The quantitative estimate of drug-likeness (QED) is 0.598. The predicted molar refractivity (Wildman–Crippen MR) is 110 cm³/mol. The molecule has 0 unspecified atom stereocenters. The van der Waals surface area contributed by atoms with Crippen LogP contribution in [0.2, 0.25) is 0 Å². The molecule has 2 amide bonds. The fourth-order valence-electron chi connectivity index (χ4n) is 3.02. The van der Waals surface area contributed by atoms with Crippen LogP contribution in [-0.4, -0.2) is 45.6 Å². The molecule has 0 fully saturated rings. The molecule has 0 spiro atoms. The van der Waals surface area contributed by atoms with Crippen LogP contribution in [0.5, 0.6) is 0 Å². The normalized spacial score (nSPS) is 13.4. The molecule has 154 valence electrons. The molecule has 8 nitrogen and oxygen atoms in total. The lowest BCUT2D eigenvalue weighted by Gasteiger charge is -2.19. The Morgan fingerprint density at radius 1 is 1.10 bits per heavy atom. The first-order chi connectivity index (χ1) is 14.0. The number of sulfonamides is 1. The van der Waals surface area contributed by atoms with Gasteiger partial charge in [0.2, 0.25) is 21.8 Å². The molecule has 2 N–H and O–H groups in total. The van der Waals surface area contributed by atoms with Gasteiger partial charge in [-0.3, -0.25) is 13.9 Å². The number of furan rings is 1. The molecule has 3 rings (SSSR count). The molecule has 0 saturated carbocycles. The van der Waals surface area contributed by atoms with Crippen LogP contribution in [-0.2, 0) is 26.0 Å². The highest BCUT2D eigenvalue weighted by atomic mass is 32.2. The largest absolute Gasteiger partial charge is 0.465 e. The van der Waals surface area contributed by atoms with Crippen LogP contribution in [0, 0.1) is 0 Å². The number of amides is 2. The molecule has 0 saturated heterocycles. The van der Waals surface area contributed by atoms with E-state index in [1.165, 1.54) is 22.7 Å². The third kappa shape index (κ3) is 5.71. The van der Waals surface area contributed by atoms with E-state index in [2.05, 4.69) is 10.6 Å². The molecule has 1 aliphatic rings. The summed E-state index contributed by atoms with van der Waals surface area (Å²) in [5, 5.41) is 5.17. The summed E-state index contributed by atoms with van der Waals surface area (Å²) in [5.74, 6) is -0.285. The fourth-order valence-corrected chi connectivity index (χ4v) is 4.44. The molecular formula is C20H23N3O5S. The van der Waals surface area contributed by atoms with Crippen molar-refractivity contribution in [3.05, 3.63) is 60.1 Å². The van der Waals surface area contributed by atoms with Crippen LogP contribution in [0.4, 0.5) is 5.69 Å². The average molecular weight is 417 g/mol. The Kier molecular flexibility index (Phi) is 6.71. The molecule has 1 aliphatic heterocycles. The van der Waals surface area contributed by atoms with Crippen LogP contribution >= 0.6 is 0 Å². The minimum absolute atomic E-state index is 0.0200. The van der Waals surface area contributed by atoms with Gasteiger partial charge in [0.05, 0.1) is 17.7 Å². The lowest BCUT2D eigenvalue weighted by molar-refractivity contribution is -0.121. The Hall–Kier alpha value is -3.07. The summed E-state index contributed by atoms with van der Waals surface area (Å²) in [5.41, 5.74) is 1.72. The van der Waals surface area contributed by atoms with E-state index in [1.807, 2.05) is 18.2 Å². The average Bonchev–Trinajstić information content (AvgIpc) is 3.36. The van der Waals surface area contributed by atoms with E-state index >= 15 is 0 Å². The summed E-state index contributed by atoms with van der Waals surface area (Å²) in [6, 6.07) is 10.8. The highest BCUT2D eigenvalue weighted by molar-refractivity contribution is 7.92. The highest BCUT2D eigenvalue weighted by Crippen LogP contribution is 2.29. The van der Waals surface area contributed by atoms with Gasteiger partial charge in [0.15, 0.2) is 0 Å². The van der Waals surface area contributed by atoms with Gasteiger partial charge < -0.3 is 15.1 Å². The van der Waals surface area contributed by atoms with E-state index in [0.717, 1.165) is 5.56 Å². The maximum atomic E-state index is 12.6. The van der Waals surface area contributed by atoms with Gasteiger partial charge in [0.1, 0.15) is 5.76 Å². The number of benzene rings is 1. The molecule has 0 aliphatic carbocycles. The van der Waals surface area contributed by atoms with Crippen molar-refractivity contribution in [3.63, 3.8) is 0 Å². The van der Waals surface area contributed by atoms with Gasteiger partial charge in [-0.15, -0.1) is 0 Å². The zero-order valence-electron chi connectivity index (χ0n) is 15.8. The van der Waals surface area contributed by atoms with E-state index in [9.17, 15) is 18.0 Å². The third-order valence-electron chi connectivity index (χ3n) is 4.46. The third-order valence-corrected chi connectivity index (χ3v) is 6.23. The first kappa shape index (κ1) is 20.7. The van der Waals surface area contributed by atoms with Crippen molar-refractivity contribution in [2.75, 3.05) is 29.7 Å². The topological polar surface area (TPSA) is 109 Å². The number of fused-ring (bicyclic) bond motifs is 1. The summed E-state index contributed by atoms with van der Waals surface area (Å²) < 4.78 is 31.6. The van der Waals surface area contributed by atoms with Gasteiger partial charge in [0.25, 0.3) is 0 Å². The Morgan fingerprint density at radius 3 is 2.72 bits per heavy atom. The van der Waals surface area contributed by atoms with E-state index in [0.29, 0.717) is 24.4 Å². The molecule has 2 heterocycles. The van der Waals surface area contributed by atoms with Gasteiger partial charge in [-0.1, -0.05) is 18.2 Å². The SMILES string of the molecule is O=C(/C=C/c1ccco1)NCCC(=O)NCCS(=O)(=O)N1CCc2ccccc21. The number of carbonyl (C=O) groups excluding carboxylic acids is 2. The van der Waals surface area contributed by atoms with Crippen LogP contribution < -0.4 is 14.9 Å². The number of hydrogen-bond donors (Lipinski definition) is 2. The second-order valence-electron chi connectivity index (χ2n) is 6.51. The predicted octanol–water partition coefficient (Wildman–Crippen LogP) is 1.31. The fraction of sp³-hybridized carbons (Fsp3) is 0.300. The summed E-state index contributed by atoms with van der Waals surface area (Å²) in [6.45, 7) is 0.596. The summed E-state index contributed by atoms with van der Waals surface area (Å²) in [6.07, 6.45) is 5.10. The number of nitrogens with zero attached hydrogens (tertiary/aromatic N) is 1. The van der Waals surface area contributed by atoms with Crippen LogP contribution in [0.15, 0.2) is 53.2 Å². The standard InChI is InChI=1S/C20H23N3O5S/c24-19(8-7-17-5-3-14-28-17)21-11-9-20(25)22-12-15-29(26,27)23-13-10-16-4-1-2-6-18(16)23/h1-8,14H,9-13,15H2,(H,21,24)(H,22,25)/b8-7+. The second kappa shape index (κ2) is 9.42. The van der Waals surface area contributed by atoms with Crippen molar-refractivity contribution in [1.29, 1.82) is 0 Å². The zero-order chi connectivity index (χ0) is 20.7. The summed E-state index contributed by atoms with van der Waals surface area (Å²) in [4.78, 5) is 23.5. The van der Waals surface area contributed by atoms with Gasteiger partial charge >= 0.3 is 0 Å². The first-order valence-electron chi connectivity index (χ1n) is 9.30. The van der Waals surface area contributed by atoms with Crippen molar-refractivity contribution in [3.8, 4) is 0 Å². The van der Waals surface area contributed by atoms with Crippen molar-refractivity contribution in [2.24, 2.45) is 0 Å². The van der Waals surface area contributed by atoms with Crippen LogP contribution in [0.3, 0.4) is 0 Å². The summed E-state index contributed by atoms with van der Waals surface area (Å²) >= 11 is 0. The number of para-hydroxylation sites is 1. The van der Waals surface area contributed by atoms with Gasteiger partial charge in [0, 0.05) is 32.1 Å². The smallest absolute Gasteiger partial charge is 0.244 e. The molecule has 29 heavy (non-hydrogen) atoms. The lowest BCUT2D eigenvalue weighted by atomic mass is 10.2. The molecule has 2 aromatic rings. The van der Waals surface area contributed by atoms with Crippen molar-refractivity contribution >= 4 is 33.6 Å². The molecule has 0 radical (unpaired) electrons. The molecule has 1 aromatic heterocycles. The Balaban J connectivity index is 1.36. The molecule has 9 heteroatoms. The Morgan fingerprint density at radius 2 is 1.93 bits per heavy atom. The molecule has 0 bridgehead atoms. The van der Waals surface area contributed by atoms with Gasteiger partial charge in [-0.25, -0.2) is 8.42 Å². The van der Waals surface area contributed by atoms with Gasteiger partial charge in [-0.05, 0) is 36.3 Å². The first-order valence-corrected chi connectivity index (χ1v) is 10.9. The Labute approximate surface area is 169 Å². The van der Waals surface area contributed by atoms with E-state index in [-0.39, 0.29) is 37.1 Å².